The number of rotatable bonds is 9. The highest BCUT2D eigenvalue weighted by Crippen LogP contribution is 2.28. The Morgan fingerprint density at radius 1 is 1.14 bits per heavy atom. The molecule has 0 radical (unpaired) electrons. The Labute approximate surface area is 238 Å². The number of nitrogens with zero attached hydrogens (tertiary/aromatic N) is 6. The summed E-state index contributed by atoms with van der Waals surface area (Å²) in [4.78, 5) is 30.7. The third kappa shape index (κ3) is 6.11. The van der Waals surface area contributed by atoms with Crippen LogP contribution >= 0.6 is 0 Å². The molecule has 2 aliphatic heterocycles. The van der Waals surface area contributed by atoms with Crippen LogP contribution in [0.5, 0.6) is 6.01 Å². The van der Waals surface area contributed by atoms with Crippen molar-refractivity contribution in [1.29, 1.82) is 0 Å². The van der Waals surface area contributed by atoms with Gasteiger partial charge in [-0.25, -0.2) is 14.8 Å². The number of hydrogen-bond acceptors (Lipinski definition) is 8. The second-order valence-electron chi connectivity index (χ2n) is 10.2. The van der Waals surface area contributed by atoms with Gasteiger partial charge in [-0.1, -0.05) is 12.1 Å². The van der Waals surface area contributed by atoms with Gasteiger partial charge in [-0.2, -0.15) is 18.2 Å². The molecule has 1 saturated heterocycles. The third-order valence-corrected chi connectivity index (χ3v) is 7.36. The van der Waals surface area contributed by atoms with Gasteiger partial charge in [0.2, 0.25) is 0 Å². The van der Waals surface area contributed by atoms with Gasteiger partial charge < -0.3 is 19.1 Å². The van der Waals surface area contributed by atoms with E-state index in [-0.39, 0.29) is 24.3 Å². The van der Waals surface area contributed by atoms with E-state index in [2.05, 4.69) is 30.5 Å². The molecule has 218 valence electrons. The van der Waals surface area contributed by atoms with E-state index in [1.165, 1.54) is 6.07 Å². The number of pyridine rings is 1. The van der Waals surface area contributed by atoms with Gasteiger partial charge in [0.15, 0.2) is 0 Å². The maximum absolute atomic E-state index is 12.7. The molecule has 0 unspecified atom stereocenters. The maximum Gasteiger partial charge on any atom is 0.433 e. The number of carboxylic acids is 1. The first-order chi connectivity index (χ1) is 20.2. The summed E-state index contributed by atoms with van der Waals surface area (Å²) in [6, 6.07) is 9.15. The van der Waals surface area contributed by atoms with Crippen molar-refractivity contribution in [2.24, 2.45) is 0 Å². The first kappa shape index (κ1) is 27.8. The Kier molecular flexibility index (Phi) is 7.60. The summed E-state index contributed by atoms with van der Waals surface area (Å²) in [5, 5.41) is 9.47. The monoisotopic (exact) mass is 580 g/mol. The molecule has 1 aromatic carbocycles. The van der Waals surface area contributed by atoms with E-state index >= 15 is 0 Å². The summed E-state index contributed by atoms with van der Waals surface area (Å²) in [7, 11) is 0. The number of ether oxygens (including phenoxy) is 2. The Bertz CT molecular complexity index is 1630. The van der Waals surface area contributed by atoms with Crippen molar-refractivity contribution in [3.63, 3.8) is 0 Å². The Morgan fingerprint density at radius 2 is 2.00 bits per heavy atom. The number of fused-ring (bicyclic) bond motifs is 1. The standard InChI is InChI=1S/C29H27F3N6O4/c30-29(31,32)25-4-1-18(14-34-25)17-42-28-33-9-5-22(36-28)19-6-10-37(11-7-19)16-26-35-23-3-2-20(27(39)40)13-24(23)38(26)15-21-8-12-41-21/h1-6,9,13-14,21H,7-8,10-12,15-17H2,(H,39,40)/t21-/m0/s1. The molecule has 13 heteroatoms. The fourth-order valence-electron chi connectivity index (χ4n) is 4.96. The molecule has 4 aromatic rings. The predicted octanol–water partition coefficient (Wildman–Crippen LogP) is 4.60. The molecule has 0 aliphatic carbocycles. The van der Waals surface area contributed by atoms with Gasteiger partial charge in [0.1, 0.15) is 18.1 Å². The molecule has 5 heterocycles. The summed E-state index contributed by atoms with van der Waals surface area (Å²) in [5.74, 6) is -0.120. The molecule has 3 aromatic heterocycles. The number of aromatic nitrogens is 5. The zero-order valence-electron chi connectivity index (χ0n) is 22.4. The van der Waals surface area contributed by atoms with Crippen LogP contribution in [-0.4, -0.2) is 66.3 Å². The lowest BCUT2D eigenvalue weighted by molar-refractivity contribution is -0.141. The van der Waals surface area contributed by atoms with E-state index in [4.69, 9.17) is 14.5 Å². The Hall–Kier alpha value is -4.36. The molecule has 0 saturated carbocycles. The van der Waals surface area contributed by atoms with Gasteiger partial charge in [0, 0.05) is 37.7 Å². The number of imidazole rings is 1. The van der Waals surface area contributed by atoms with Crippen LogP contribution in [0.3, 0.4) is 0 Å². The highest BCUT2D eigenvalue weighted by atomic mass is 19.4. The minimum Gasteiger partial charge on any atom is -0.478 e. The molecular formula is C29H27F3N6O4. The van der Waals surface area contributed by atoms with Crippen LogP contribution < -0.4 is 4.74 Å². The second-order valence-corrected chi connectivity index (χ2v) is 10.2. The SMILES string of the molecule is O=C(O)c1ccc2nc(CN3CC=C(c4ccnc(OCc5ccc(C(F)(F)F)nc5)n4)CC3)n(C[C@@H]3CCO3)c2c1. The fourth-order valence-corrected chi connectivity index (χ4v) is 4.96. The lowest BCUT2D eigenvalue weighted by atomic mass is 10.0. The van der Waals surface area contributed by atoms with Crippen LogP contribution in [0.4, 0.5) is 13.2 Å². The van der Waals surface area contributed by atoms with Crippen molar-refractivity contribution in [2.45, 2.75) is 44.8 Å². The zero-order valence-corrected chi connectivity index (χ0v) is 22.4. The van der Waals surface area contributed by atoms with Crippen molar-refractivity contribution in [3.05, 3.63) is 83.2 Å². The summed E-state index contributed by atoms with van der Waals surface area (Å²) >= 11 is 0. The lowest BCUT2D eigenvalue weighted by Gasteiger charge is -2.29. The lowest BCUT2D eigenvalue weighted by Crippen LogP contribution is -2.33. The molecule has 42 heavy (non-hydrogen) atoms. The normalized spacial score (nSPS) is 17.6. The second kappa shape index (κ2) is 11.5. The number of hydrogen-bond donors (Lipinski definition) is 1. The average molecular weight is 581 g/mol. The molecule has 0 spiro atoms. The van der Waals surface area contributed by atoms with E-state index in [0.717, 1.165) is 66.4 Å². The third-order valence-electron chi connectivity index (χ3n) is 7.36. The van der Waals surface area contributed by atoms with Gasteiger partial charge in [-0.05, 0) is 48.7 Å². The van der Waals surface area contributed by atoms with Gasteiger partial charge in [-0.3, -0.25) is 9.88 Å². The first-order valence-electron chi connectivity index (χ1n) is 13.5. The van der Waals surface area contributed by atoms with Crippen molar-refractivity contribution < 1.29 is 32.5 Å². The summed E-state index contributed by atoms with van der Waals surface area (Å²) in [5.41, 5.74) is 3.04. The molecule has 1 fully saturated rings. The quantitative estimate of drug-likeness (QED) is 0.303. The Balaban J connectivity index is 1.12. The van der Waals surface area contributed by atoms with Crippen molar-refractivity contribution in [3.8, 4) is 6.01 Å². The zero-order chi connectivity index (χ0) is 29.3. The number of benzene rings is 1. The van der Waals surface area contributed by atoms with E-state index in [1.807, 2.05) is 0 Å². The molecule has 6 rings (SSSR count). The van der Waals surface area contributed by atoms with E-state index in [1.54, 1.807) is 30.5 Å². The minimum atomic E-state index is -4.49. The number of carboxylic acid groups (broad SMARTS) is 1. The average Bonchev–Trinajstić information content (AvgIpc) is 3.30. The molecule has 1 atom stereocenters. The van der Waals surface area contributed by atoms with E-state index in [9.17, 15) is 23.1 Å². The maximum atomic E-state index is 12.7. The topological polar surface area (TPSA) is 115 Å². The summed E-state index contributed by atoms with van der Waals surface area (Å²) in [6.07, 6.45) is 2.10. The smallest absolute Gasteiger partial charge is 0.433 e. The molecule has 0 bridgehead atoms. The first-order valence-corrected chi connectivity index (χ1v) is 13.5. The van der Waals surface area contributed by atoms with Gasteiger partial charge in [-0.15, -0.1) is 0 Å². The van der Waals surface area contributed by atoms with E-state index < -0.39 is 17.8 Å². The van der Waals surface area contributed by atoms with Crippen LogP contribution in [0.15, 0.2) is 54.9 Å². The molecular weight excluding hydrogens is 553 g/mol. The van der Waals surface area contributed by atoms with Crippen LogP contribution in [0.1, 0.15) is 46.0 Å². The van der Waals surface area contributed by atoms with Crippen LogP contribution in [0, 0.1) is 0 Å². The summed E-state index contributed by atoms with van der Waals surface area (Å²) < 4.78 is 51.6. The van der Waals surface area contributed by atoms with Gasteiger partial charge in [0.05, 0.1) is 41.5 Å². The van der Waals surface area contributed by atoms with Crippen LogP contribution in [-0.2, 0) is 30.6 Å². The number of halogens is 3. The van der Waals surface area contributed by atoms with Gasteiger partial charge in [0.25, 0.3) is 0 Å². The highest BCUT2D eigenvalue weighted by molar-refractivity contribution is 5.92. The van der Waals surface area contributed by atoms with Crippen molar-refractivity contribution in [2.75, 3.05) is 19.7 Å². The largest absolute Gasteiger partial charge is 0.478 e. The highest BCUT2D eigenvalue weighted by Gasteiger charge is 2.32. The van der Waals surface area contributed by atoms with Crippen molar-refractivity contribution >= 4 is 22.6 Å². The number of alkyl halides is 3. The van der Waals surface area contributed by atoms with Crippen molar-refractivity contribution in [1.82, 2.24) is 29.4 Å². The fraction of sp³-hybridized carbons (Fsp3) is 0.345. The van der Waals surface area contributed by atoms with Crippen LogP contribution in [0.2, 0.25) is 0 Å². The van der Waals surface area contributed by atoms with E-state index in [0.29, 0.717) is 25.2 Å². The molecule has 2 aliphatic rings. The molecule has 1 N–H and O–H groups in total. The molecule has 10 nitrogen and oxygen atoms in total. The Morgan fingerprint density at radius 3 is 2.67 bits per heavy atom. The van der Waals surface area contributed by atoms with Crippen LogP contribution in [0.25, 0.3) is 16.6 Å². The van der Waals surface area contributed by atoms with Gasteiger partial charge >= 0.3 is 18.2 Å². The molecule has 0 amide bonds. The number of carbonyl (C=O) groups is 1. The minimum absolute atomic E-state index is 0.0116. The number of aromatic carboxylic acids is 1. The predicted molar refractivity (Wildman–Crippen MR) is 145 cm³/mol. The summed E-state index contributed by atoms with van der Waals surface area (Å²) in [6.45, 7) is 3.35.